The third-order valence-electron chi connectivity index (χ3n) is 6.33. The van der Waals surface area contributed by atoms with Gasteiger partial charge >= 0.3 is 0 Å². The average molecular weight is 416 g/mol. The molecule has 1 aromatic rings. The summed E-state index contributed by atoms with van der Waals surface area (Å²) < 4.78 is 0. The highest BCUT2D eigenvalue weighted by atomic mass is 16.1. The van der Waals surface area contributed by atoms with Gasteiger partial charge < -0.3 is 10.2 Å². The Morgan fingerprint density at radius 1 is 1.19 bits per heavy atom. The van der Waals surface area contributed by atoms with Gasteiger partial charge in [-0.15, -0.1) is 0 Å². The molecule has 0 bridgehead atoms. The van der Waals surface area contributed by atoms with Crippen LogP contribution in [0.25, 0.3) is 5.57 Å². The predicted molar refractivity (Wildman–Crippen MR) is 129 cm³/mol. The molecule has 4 heteroatoms. The lowest BCUT2D eigenvalue weighted by molar-refractivity contribution is 0.0918. The van der Waals surface area contributed by atoms with Crippen LogP contribution in [0.4, 0.5) is 0 Å². The van der Waals surface area contributed by atoms with Gasteiger partial charge in [-0.2, -0.15) is 0 Å². The third-order valence-corrected chi connectivity index (χ3v) is 6.33. The Kier molecular flexibility index (Phi) is 6.86. The summed E-state index contributed by atoms with van der Waals surface area (Å²) in [4.78, 5) is 19.6. The zero-order chi connectivity index (χ0) is 21.6. The molecule has 1 N–H and O–H groups in total. The zero-order valence-corrected chi connectivity index (χ0v) is 18.7. The van der Waals surface area contributed by atoms with Crippen molar-refractivity contribution in [3.63, 3.8) is 0 Å². The zero-order valence-electron chi connectivity index (χ0n) is 18.7. The van der Waals surface area contributed by atoms with Crippen LogP contribution in [0.15, 0.2) is 71.0 Å². The maximum absolute atomic E-state index is 12.9. The van der Waals surface area contributed by atoms with Crippen LogP contribution in [0, 0.1) is 5.92 Å². The van der Waals surface area contributed by atoms with E-state index in [1.807, 2.05) is 30.6 Å². The Morgan fingerprint density at radius 2 is 2.03 bits per heavy atom. The van der Waals surface area contributed by atoms with E-state index in [9.17, 15) is 4.79 Å². The Hall–Kier alpha value is -2.88. The second kappa shape index (κ2) is 9.95. The Balaban J connectivity index is 1.34. The van der Waals surface area contributed by atoms with Crippen LogP contribution >= 0.6 is 0 Å². The highest BCUT2D eigenvalue weighted by Crippen LogP contribution is 2.24. The van der Waals surface area contributed by atoms with Crippen LogP contribution in [-0.2, 0) is 0 Å². The summed E-state index contributed by atoms with van der Waals surface area (Å²) in [5.74, 6) is 0.601. The number of carbonyl (C=O) groups excluding carboxylic acids is 1. The molecule has 0 saturated carbocycles. The fourth-order valence-electron chi connectivity index (χ4n) is 4.53. The van der Waals surface area contributed by atoms with Crippen molar-refractivity contribution in [3.05, 3.63) is 77.2 Å². The van der Waals surface area contributed by atoms with Gasteiger partial charge in [-0.05, 0) is 74.3 Å². The summed E-state index contributed by atoms with van der Waals surface area (Å²) in [7, 11) is 0. The van der Waals surface area contributed by atoms with Crippen molar-refractivity contribution in [2.75, 3.05) is 13.1 Å². The van der Waals surface area contributed by atoms with Crippen LogP contribution in [0.5, 0.6) is 0 Å². The van der Waals surface area contributed by atoms with E-state index < -0.39 is 0 Å². The number of amides is 1. The number of aliphatic imine (C=N–C) groups is 1. The van der Waals surface area contributed by atoms with E-state index in [0.717, 1.165) is 56.3 Å². The summed E-state index contributed by atoms with van der Waals surface area (Å²) in [6.45, 7) is 6.39. The van der Waals surface area contributed by atoms with Gasteiger partial charge in [0.05, 0.1) is 0 Å². The molecule has 2 aliphatic heterocycles. The maximum atomic E-state index is 12.9. The number of piperidine rings is 1. The summed E-state index contributed by atoms with van der Waals surface area (Å²) >= 11 is 0. The minimum atomic E-state index is 0.0277. The van der Waals surface area contributed by atoms with E-state index in [0.29, 0.717) is 5.92 Å². The van der Waals surface area contributed by atoms with Crippen molar-refractivity contribution >= 4 is 17.7 Å². The van der Waals surface area contributed by atoms with Gasteiger partial charge in [0.1, 0.15) is 0 Å². The van der Waals surface area contributed by atoms with E-state index in [1.165, 1.54) is 16.8 Å². The second-order valence-electron chi connectivity index (χ2n) is 8.93. The normalized spacial score (nSPS) is 22.2. The number of likely N-dealkylation sites (tertiary alicyclic amines) is 1. The SMILES string of the molecule is CC1=CC(C)CC=C(N2CCC(NC(=O)c3cccc(C4=CN=CCC4)c3)CC2)C=C1. The molecule has 4 rings (SSSR count). The number of hydrogen-bond donors (Lipinski definition) is 1. The van der Waals surface area contributed by atoms with Crippen LogP contribution in [0.3, 0.4) is 0 Å². The molecule has 1 fully saturated rings. The van der Waals surface area contributed by atoms with Crippen LogP contribution in [-0.4, -0.2) is 36.2 Å². The van der Waals surface area contributed by atoms with Gasteiger partial charge in [-0.25, -0.2) is 0 Å². The van der Waals surface area contributed by atoms with Crippen molar-refractivity contribution < 1.29 is 4.79 Å². The lowest BCUT2D eigenvalue weighted by atomic mass is 9.98. The molecule has 3 aliphatic rings. The van der Waals surface area contributed by atoms with Gasteiger partial charge in [-0.3, -0.25) is 9.79 Å². The van der Waals surface area contributed by atoms with Crippen LogP contribution in [0.2, 0.25) is 0 Å². The standard InChI is InChI=1S/C27H33N3O/c1-20-8-10-26(11-9-21(2)17-20)30-15-12-25(13-16-30)29-27(31)23-6-3-5-22(18-23)24-7-4-14-28-19-24/h3,5-6,8,10-11,14,17-19,21,25H,4,7,9,12-13,15-16H2,1-2H3,(H,29,31). The summed E-state index contributed by atoms with van der Waals surface area (Å²) in [5.41, 5.74) is 5.68. The summed E-state index contributed by atoms with van der Waals surface area (Å²) in [6, 6.07) is 8.16. The number of carbonyl (C=O) groups is 1. The summed E-state index contributed by atoms with van der Waals surface area (Å²) in [6.07, 6.45) is 18.0. The summed E-state index contributed by atoms with van der Waals surface area (Å²) in [5, 5.41) is 3.26. The first-order valence-electron chi connectivity index (χ1n) is 11.5. The molecule has 1 unspecified atom stereocenters. The smallest absolute Gasteiger partial charge is 0.251 e. The Labute approximate surface area is 186 Å². The molecule has 2 heterocycles. The van der Waals surface area contributed by atoms with Crippen molar-refractivity contribution in [2.45, 2.75) is 52.0 Å². The number of hydrogen-bond acceptors (Lipinski definition) is 3. The molecule has 4 nitrogen and oxygen atoms in total. The van der Waals surface area contributed by atoms with Gasteiger partial charge in [0.15, 0.2) is 0 Å². The van der Waals surface area contributed by atoms with Gasteiger partial charge in [-0.1, -0.05) is 42.9 Å². The van der Waals surface area contributed by atoms with Crippen LogP contribution in [0.1, 0.15) is 61.9 Å². The molecule has 31 heavy (non-hydrogen) atoms. The second-order valence-corrected chi connectivity index (χ2v) is 8.93. The molecule has 1 aromatic carbocycles. The molecule has 0 spiro atoms. The third kappa shape index (κ3) is 5.63. The lowest BCUT2D eigenvalue weighted by Crippen LogP contribution is -2.44. The predicted octanol–water partition coefficient (Wildman–Crippen LogP) is 5.51. The molecular weight excluding hydrogens is 382 g/mol. The molecule has 1 aliphatic carbocycles. The first kappa shape index (κ1) is 21.4. The molecule has 162 valence electrons. The number of allylic oxidation sites excluding steroid dienone is 6. The van der Waals surface area contributed by atoms with Crippen molar-refractivity contribution in [2.24, 2.45) is 10.9 Å². The average Bonchev–Trinajstić information content (AvgIpc) is 2.79. The molecule has 1 atom stereocenters. The van der Waals surface area contributed by atoms with E-state index in [2.05, 4.69) is 59.4 Å². The van der Waals surface area contributed by atoms with Crippen LogP contribution < -0.4 is 5.32 Å². The first-order chi connectivity index (χ1) is 15.1. The fourth-order valence-corrected chi connectivity index (χ4v) is 4.53. The number of benzene rings is 1. The molecule has 1 saturated heterocycles. The van der Waals surface area contributed by atoms with Gasteiger partial charge in [0.2, 0.25) is 0 Å². The fraction of sp³-hybridized carbons (Fsp3) is 0.407. The largest absolute Gasteiger partial charge is 0.372 e. The maximum Gasteiger partial charge on any atom is 0.251 e. The van der Waals surface area contributed by atoms with Gasteiger partial charge in [0, 0.05) is 42.8 Å². The monoisotopic (exact) mass is 415 g/mol. The highest BCUT2D eigenvalue weighted by Gasteiger charge is 2.22. The number of nitrogens with zero attached hydrogens (tertiary/aromatic N) is 2. The van der Waals surface area contributed by atoms with E-state index in [4.69, 9.17) is 0 Å². The highest BCUT2D eigenvalue weighted by molar-refractivity contribution is 5.95. The Bertz CT molecular complexity index is 958. The first-order valence-corrected chi connectivity index (χ1v) is 11.5. The molecule has 0 aromatic heterocycles. The van der Waals surface area contributed by atoms with E-state index in [1.54, 1.807) is 0 Å². The van der Waals surface area contributed by atoms with Gasteiger partial charge in [0.25, 0.3) is 5.91 Å². The minimum Gasteiger partial charge on any atom is -0.372 e. The molecule has 0 radical (unpaired) electrons. The quantitative estimate of drug-likeness (QED) is 0.704. The number of rotatable bonds is 4. The topological polar surface area (TPSA) is 44.7 Å². The minimum absolute atomic E-state index is 0.0277. The molecular formula is C27H33N3O. The lowest BCUT2D eigenvalue weighted by Gasteiger charge is -2.35. The molecule has 1 amide bonds. The van der Waals surface area contributed by atoms with E-state index >= 15 is 0 Å². The number of nitrogens with one attached hydrogen (secondary N) is 1. The van der Waals surface area contributed by atoms with Crippen molar-refractivity contribution in [3.8, 4) is 0 Å². The van der Waals surface area contributed by atoms with Crippen molar-refractivity contribution in [1.29, 1.82) is 0 Å². The van der Waals surface area contributed by atoms with Crippen molar-refractivity contribution in [1.82, 2.24) is 10.2 Å². The van der Waals surface area contributed by atoms with E-state index in [-0.39, 0.29) is 11.9 Å². The Morgan fingerprint density at radius 3 is 2.81 bits per heavy atom.